The number of rotatable bonds is 1. The van der Waals surface area contributed by atoms with Crippen molar-refractivity contribution in [3.05, 3.63) is 77.9 Å². The predicted molar refractivity (Wildman–Crippen MR) is 97.4 cm³/mol. The van der Waals surface area contributed by atoms with Crippen molar-refractivity contribution in [1.29, 1.82) is 0 Å². The summed E-state index contributed by atoms with van der Waals surface area (Å²) in [5.41, 5.74) is 4.51. The van der Waals surface area contributed by atoms with Gasteiger partial charge in [0.15, 0.2) is 0 Å². The smallest absolute Gasteiger partial charge is 0.207 e. The summed E-state index contributed by atoms with van der Waals surface area (Å²) in [5, 5.41) is 10.4. The SMILES string of the molecule is CC12CC(c3ccc4ccccc4c3)=NOC1Nc1ccccc12. The molecule has 1 N–H and O–H groups in total. The van der Waals surface area contributed by atoms with Crippen LogP contribution in [0.5, 0.6) is 0 Å². The first-order valence-corrected chi connectivity index (χ1v) is 8.32. The van der Waals surface area contributed by atoms with E-state index in [2.05, 4.69) is 84.1 Å². The van der Waals surface area contributed by atoms with Crippen molar-refractivity contribution < 1.29 is 4.84 Å². The van der Waals surface area contributed by atoms with E-state index in [9.17, 15) is 0 Å². The Morgan fingerprint density at radius 1 is 1.00 bits per heavy atom. The lowest BCUT2D eigenvalue weighted by Gasteiger charge is -2.34. The third-order valence-corrected chi connectivity index (χ3v) is 5.29. The highest BCUT2D eigenvalue weighted by atomic mass is 16.7. The number of nitrogens with zero attached hydrogens (tertiary/aromatic N) is 1. The molecule has 3 aromatic rings. The number of hydrogen-bond donors (Lipinski definition) is 1. The molecule has 3 heteroatoms. The zero-order chi connectivity index (χ0) is 16.1. The van der Waals surface area contributed by atoms with Gasteiger partial charge in [0.1, 0.15) is 0 Å². The number of hydrogen-bond acceptors (Lipinski definition) is 3. The zero-order valence-corrected chi connectivity index (χ0v) is 13.5. The van der Waals surface area contributed by atoms with E-state index in [1.807, 2.05) is 0 Å². The fraction of sp³-hybridized carbons (Fsp3) is 0.190. The second kappa shape index (κ2) is 4.84. The normalized spacial score (nSPS) is 24.5. The summed E-state index contributed by atoms with van der Waals surface area (Å²) < 4.78 is 0. The van der Waals surface area contributed by atoms with Gasteiger partial charge < -0.3 is 10.2 Å². The molecule has 2 unspecified atom stereocenters. The van der Waals surface area contributed by atoms with Crippen molar-refractivity contribution in [2.75, 3.05) is 5.32 Å². The number of oxime groups is 1. The lowest BCUT2D eigenvalue weighted by atomic mass is 9.76. The van der Waals surface area contributed by atoms with Gasteiger partial charge in [-0.3, -0.25) is 0 Å². The van der Waals surface area contributed by atoms with Crippen LogP contribution in [0.1, 0.15) is 24.5 Å². The predicted octanol–water partition coefficient (Wildman–Crippen LogP) is 4.67. The molecule has 0 spiro atoms. The van der Waals surface area contributed by atoms with Gasteiger partial charge in [-0.25, -0.2) is 0 Å². The van der Waals surface area contributed by atoms with E-state index in [-0.39, 0.29) is 11.6 Å². The third kappa shape index (κ3) is 1.88. The van der Waals surface area contributed by atoms with Crippen LogP contribution in [-0.4, -0.2) is 11.9 Å². The maximum atomic E-state index is 5.84. The molecule has 0 radical (unpaired) electrons. The van der Waals surface area contributed by atoms with E-state index < -0.39 is 0 Å². The summed E-state index contributed by atoms with van der Waals surface area (Å²) >= 11 is 0. The molecule has 2 aliphatic rings. The summed E-state index contributed by atoms with van der Waals surface area (Å²) in [7, 11) is 0. The third-order valence-electron chi connectivity index (χ3n) is 5.29. The molecular weight excluding hydrogens is 296 g/mol. The van der Waals surface area contributed by atoms with Crippen LogP contribution in [0.4, 0.5) is 5.69 Å². The van der Waals surface area contributed by atoms with Crippen molar-refractivity contribution in [2.24, 2.45) is 5.16 Å². The van der Waals surface area contributed by atoms with Crippen LogP contribution >= 0.6 is 0 Å². The van der Waals surface area contributed by atoms with Crippen LogP contribution in [0, 0.1) is 0 Å². The molecule has 0 bridgehead atoms. The Labute approximate surface area is 140 Å². The number of fused-ring (bicyclic) bond motifs is 4. The first-order valence-electron chi connectivity index (χ1n) is 8.32. The van der Waals surface area contributed by atoms with Gasteiger partial charge in [-0.1, -0.05) is 59.8 Å². The fourth-order valence-corrected chi connectivity index (χ4v) is 3.90. The molecule has 3 aromatic carbocycles. The first-order chi connectivity index (χ1) is 11.7. The molecular formula is C21H18N2O. The summed E-state index contributed by atoms with van der Waals surface area (Å²) in [5.74, 6) is 0. The molecule has 0 fully saturated rings. The fourth-order valence-electron chi connectivity index (χ4n) is 3.90. The average Bonchev–Trinajstić information content (AvgIpc) is 2.93. The van der Waals surface area contributed by atoms with Crippen LogP contribution in [0.15, 0.2) is 71.9 Å². The Bertz CT molecular complexity index is 978. The maximum Gasteiger partial charge on any atom is 0.207 e. The minimum atomic E-state index is -0.0980. The van der Waals surface area contributed by atoms with Crippen molar-refractivity contribution in [1.82, 2.24) is 0 Å². The largest absolute Gasteiger partial charge is 0.370 e. The van der Waals surface area contributed by atoms with Crippen LogP contribution in [-0.2, 0) is 10.3 Å². The van der Waals surface area contributed by atoms with Crippen LogP contribution in [0.25, 0.3) is 10.8 Å². The van der Waals surface area contributed by atoms with Gasteiger partial charge in [-0.15, -0.1) is 0 Å². The van der Waals surface area contributed by atoms with Gasteiger partial charge in [0.2, 0.25) is 6.23 Å². The molecule has 0 saturated heterocycles. The van der Waals surface area contributed by atoms with E-state index in [1.165, 1.54) is 16.3 Å². The lowest BCUT2D eigenvalue weighted by Crippen LogP contribution is -2.42. The number of nitrogens with one attached hydrogen (secondary N) is 1. The summed E-state index contributed by atoms with van der Waals surface area (Å²) in [6.45, 7) is 2.26. The molecule has 2 atom stereocenters. The van der Waals surface area contributed by atoms with Crippen molar-refractivity contribution in [3.8, 4) is 0 Å². The summed E-state index contributed by atoms with van der Waals surface area (Å²) in [6.07, 6.45) is 0.763. The lowest BCUT2D eigenvalue weighted by molar-refractivity contribution is 0.0203. The van der Waals surface area contributed by atoms with E-state index in [0.717, 1.165) is 23.4 Å². The minimum Gasteiger partial charge on any atom is -0.370 e. The van der Waals surface area contributed by atoms with Gasteiger partial charge in [0, 0.05) is 12.1 Å². The highest BCUT2D eigenvalue weighted by Gasteiger charge is 2.48. The van der Waals surface area contributed by atoms with E-state index >= 15 is 0 Å². The molecule has 0 aromatic heterocycles. The monoisotopic (exact) mass is 314 g/mol. The van der Waals surface area contributed by atoms with E-state index in [1.54, 1.807) is 0 Å². The molecule has 3 nitrogen and oxygen atoms in total. The molecule has 0 aliphatic carbocycles. The number of anilines is 1. The molecule has 118 valence electrons. The van der Waals surface area contributed by atoms with Crippen molar-refractivity contribution in [3.63, 3.8) is 0 Å². The Morgan fingerprint density at radius 2 is 1.79 bits per heavy atom. The van der Waals surface area contributed by atoms with Gasteiger partial charge in [-0.05, 0) is 41.0 Å². The quantitative estimate of drug-likeness (QED) is 0.708. The van der Waals surface area contributed by atoms with Crippen molar-refractivity contribution >= 4 is 22.2 Å². The summed E-state index contributed by atoms with van der Waals surface area (Å²) in [6, 6.07) is 23.4. The minimum absolute atomic E-state index is 0.0979. The molecule has 5 rings (SSSR count). The molecule has 0 saturated carbocycles. The molecule has 2 aliphatic heterocycles. The van der Waals surface area contributed by atoms with Crippen LogP contribution in [0.2, 0.25) is 0 Å². The maximum absolute atomic E-state index is 5.84. The summed E-state index contributed by atoms with van der Waals surface area (Å²) in [4.78, 5) is 5.84. The zero-order valence-electron chi connectivity index (χ0n) is 13.5. The molecule has 24 heavy (non-hydrogen) atoms. The average molecular weight is 314 g/mol. The Morgan fingerprint density at radius 3 is 2.71 bits per heavy atom. The Kier molecular flexibility index (Phi) is 2.75. The van der Waals surface area contributed by atoms with E-state index in [4.69, 9.17) is 4.84 Å². The highest BCUT2D eigenvalue weighted by Crippen LogP contribution is 2.46. The standard InChI is InChI=1S/C21H18N2O/c1-21-13-19(16-11-10-14-6-2-3-7-15(14)12-16)23-24-20(21)22-18-9-5-4-8-17(18)21/h2-12,20,22H,13H2,1H3. The molecule has 0 amide bonds. The Balaban J connectivity index is 1.56. The van der Waals surface area contributed by atoms with Gasteiger partial charge in [0.25, 0.3) is 0 Å². The van der Waals surface area contributed by atoms with E-state index in [0.29, 0.717) is 0 Å². The molecule has 2 heterocycles. The van der Waals surface area contributed by atoms with Crippen LogP contribution < -0.4 is 5.32 Å². The van der Waals surface area contributed by atoms with Crippen molar-refractivity contribution in [2.45, 2.75) is 25.0 Å². The number of para-hydroxylation sites is 1. The van der Waals surface area contributed by atoms with Gasteiger partial charge in [0.05, 0.1) is 11.1 Å². The van der Waals surface area contributed by atoms with Gasteiger partial charge >= 0.3 is 0 Å². The van der Waals surface area contributed by atoms with Crippen LogP contribution in [0.3, 0.4) is 0 Å². The highest BCUT2D eigenvalue weighted by molar-refractivity contribution is 6.04. The van der Waals surface area contributed by atoms with Gasteiger partial charge in [-0.2, -0.15) is 0 Å². The second-order valence-electron chi connectivity index (χ2n) is 6.87. The number of benzene rings is 3. The first kappa shape index (κ1) is 13.6. The second-order valence-corrected chi connectivity index (χ2v) is 6.87. The Hall–Kier alpha value is -2.81. The topological polar surface area (TPSA) is 33.6 Å².